The van der Waals surface area contributed by atoms with Crippen molar-refractivity contribution in [3.8, 4) is 0 Å². The quantitative estimate of drug-likeness (QED) is 0.756. The van der Waals surface area contributed by atoms with Crippen molar-refractivity contribution < 1.29 is 0 Å². The van der Waals surface area contributed by atoms with E-state index in [0.29, 0.717) is 0 Å². The van der Waals surface area contributed by atoms with Gasteiger partial charge in [-0.15, -0.1) is 0 Å². The first-order valence-electron chi connectivity index (χ1n) is 5.05. The maximum Gasteiger partial charge on any atom is 0.267 e. The third-order valence-electron chi connectivity index (χ3n) is 2.34. The number of hydrogen-bond donors (Lipinski definition) is 1. The molecule has 0 fully saturated rings. The van der Waals surface area contributed by atoms with Gasteiger partial charge < -0.3 is 0 Å². The van der Waals surface area contributed by atoms with Gasteiger partial charge in [-0.2, -0.15) is 0 Å². The summed E-state index contributed by atoms with van der Waals surface area (Å²) >= 11 is 0. The maximum absolute atomic E-state index is 11.4. The molecule has 0 aliphatic rings. The van der Waals surface area contributed by atoms with Crippen LogP contribution >= 0.6 is 0 Å². The molecule has 0 unspecified atom stereocenters. The summed E-state index contributed by atoms with van der Waals surface area (Å²) in [5.41, 5.74) is 2.24. The van der Waals surface area contributed by atoms with Crippen molar-refractivity contribution in [1.29, 1.82) is 0 Å². The van der Waals surface area contributed by atoms with Gasteiger partial charge in [0.2, 0.25) is 0 Å². The Kier molecular flexibility index (Phi) is 3.34. The molecule has 1 aromatic heterocycles. The standard InChI is InChI=1S/C10H18N2O/c1-4-7-9-8(5-2)10(13)11-12(9)6-3/h4-7H2,1-3H3,(H,11,13). The topological polar surface area (TPSA) is 37.8 Å². The van der Waals surface area contributed by atoms with Crippen LogP contribution in [-0.4, -0.2) is 9.78 Å². The van der Waals surface area contributed by atoms with Gasteiger partial charge in [-0.3, -0.25) is 14.6 Å². The third kappa shape index (κ3) is 1.85. The zero-order valence-electron chi connectivity index (χ0n) is 8.68. The second-order valence-corrected chi connectivity index (χ2v) is 3.21. The van der Waals surface area contributed by atoms with Crippen molar-refractivity contribution in [2.24, 2.45) is 0 Å². The van der Waals surface area contributed by atoms with Crippen LogP contribution in [0.3, 0.4) is 0 Å². The van der Waals surface area contributed by atoms with E-state index in [4.69, 9.17) is 0 Å². The van der Waals surface area contributed by atoms with Crippen molar-refractivity contribution >= 4 is 0 Å². The van der Waals surface area contributed by atoms with E-state index in [-0.39, 0.29) is 5.56 Å². The van der Waals surface area contributed by atoms with Crippen molar-refractivity contribution in [3.05, 3.63) is 21.6 Å². The molecule has 1 heterocycles. The second kappa shape index (κ2) is 4.30. The molecular formula is C10H18N2O. The molecule has 0 aliphatic carbocycles. The highest BCUT2D eigenvalue weighted by Crippen LogP contribution is 2.07. The summed E-state index contributed by atoms with van der Waals surface area (Å²) in [4.78, 5) is 11.4. The Morgan fingerprint density at radius 1 is 1.31 bits per heavy atom. The van der Waals surface area contributed by atoms with E-state index in [1.165, 1.54) is 5.69 Å². The normalized spacial score (nSPS) is 10.7. The van der Waals surface area contributed by atoms with Crippen LogP contribution in [-0.2, 0) is 19.4 Å². The number of nitrogens with one attached hydrogen (secondary N) is 1. The molecule has 0 saturated heterocycles. The molecule has 3 heteroatoms. The summed E-state index contributed by atoms with van der Waals surface area (Å²) in [6.07, 6.45) is 2.91. The molecule has 0 spiro atoms. The van der Waals surface area contributed by atoms with Crippen LogP contribution in [0.4, 0.5) is 0 Å². The minimum atomic E-state index is 0.0906. The van der Waals surface area contributed by atoms with Crippen molar-refractivity contribution in [3.63, 3.8) is 0 Å². The molecule has 74 valence electrons. The molecule has 1 aromatic rings. The predicted octanol–water partition coefficient (Wildman–Crippen LogP) is 1.71. The number of nitrogens with zero attached hydrogens (tertiary/aromatic N) is 1. The lowest BCUT2D eigenvalue weighted by atomic mass is 10.1. The first-order valence-corrected chi connectivity index (χ1v) is 5.05. The summed E-state index contributed by atoms with van der Waals surface area (Å²) in [5.74, 6) is 0. The lowest BCUT2D eigenvalue weighted by Crippen LogP contribution is -2.06. The second-order valence-electron chi connectivity index (χ2n) is 3.21. The van der Waals surface area contributed by atoms with Gasteiger partial charge in [0.05, 0.1) is 0 Å². The molecule has 0 aliphatic heterocycles. The molecule has 0 saturated carbocycles. The Labute approximate surface area is 78.8 Å². The van der Waals surface area contributed by atoms with Crippen LogP contribution < -0.4 is 5.56 Å². The predicted molar refractivity (Wildman–Crippen MR) is 54.1 cm³/mol. The average Bonchev–Trinajstić information content (AvgIpc) is 2.43. The van der Waals surface area contributed by atoms with Gasteiger partial charge in [0.25, 0.3) is 5.56 Å². The molecular weight excluding hydrogens is 164 g/mol. The fourth-order valence-electron chi connectivity index (χ4n) is 1.71. The fraction of sp³-hybridized carbons (Fsp3) is 0.700. The zero-order valence-corrected chi connectivity index (χ0v) is 8.68. The van der Waals surface area contributed by atoms with Gasteiger partial charge in [0, 0.05) is 17.8 Å². The number of H-pyrrole nitrogens is 1. The van der Waals surface area contributed by atoms with Crippen LogP contribution in [0.25, 0.3) is 0 Å². The Bertz CT molecular complexity index is 322. The van der Waals surface area contributed by atoms with Crippen LogP contribution in [0.5, 0.6) is 0 Å². The van der Waals surface area contributed by atoms with Gasteiger partial charge in [-0.25, -0.2) is 0 Å². The Morgan fingerprint density at radius 3 is 2.46 bits per heavy atom. The summed E-state index contributed by atoms with van der Waals surface area (Å²) in [5, 5.41) is 2.86. The first-order chi connectivity index (χ1) is 6.24. The summed E-state index contributed by atoms with van der Waals surface area (Å²) < 4.78 is 1.96. The molecule has 0 radical (unpaired) electrons. The van der Waals surface area contributed by atoms with E-state index in [0.717, 1.165) is 31.4 Å². The highest BCUT2D eigenvalue weighted by atomic mass is 16.1. The van der Waals surface area contributed by atoms with Gasteiger partial charge in [0.1, 0.15) is 0 Å². The number of hydrogen-bond acceptors (Lipinski definition) is 1. The molecule has 3 nitrogen and oxygen atoms in total. The van der Waals surface area contributed by atoms with Crippen molar-refractivity contribution in [2.45, 2.75) is 46.6 Å². The summed E-state index contributed by atoms with van der Waals surface area (Å²) in [6.45, 7) is 7.07. The van der Waals surface area contributed by atoms with E-state index < -0.39 is 0 Å². The average molecular weight is 182 g/mol. The van der Waals surface area contributed by atoms with E-state index in [1.54, 1.807) is 0 Å². The van der Waals surface area contributed by atoms with Crippen LogP contribution in [0.2, 0.25) is 0 Å². The smallest absolute Gasteiger partial charge is 0.267 e. The Hall–Kier alpha value is -0.990. The van der Waals surface area contributed by atoms with E-state index in [2.05, 4.69) is 18.9 Å². The van der Waals surface area contributed by atoms with E-state index in [1.807, 2.05) is 11.6 Å². The van der Waals surface area contributed by atoms with Crippen LogP contribution in [0.1, 0.15) is 38.4 Å². The highest BCUT2D eigenvalue weighted by Gasteiger charge is 2.10. The summed E-state index contributed by atoms with van der Waals surface area (Å²) in [6, 6.07) is 0. The number of aromatic amines is 1. The SMILES string of the molecule is CCCc1c(CC)c(=O)[nH]n1CC. The zero-order chi connectivity index (χ0) is 9.84. The molecule has 0 amide bonds. The number of rotatable bonds is 4. The van der Waals surface area contributed by atoms with Gasteiger partial charge in [-0.1, -0.05) is 20.3 Å². The molecule has 13 heavy (non-hydrogen) atoms. The van der Waals surface area contributed by atoms with Crippen molar-refractivity contribution in [1.82, 2.24) is 9.78 Å². The van der Waals surface area contributed by atoms with Crippen LogP contribution in [0, 0.1) is 0 Å². The Morgan fingerprint density at radius 2 is 2.00 bits per heavy atom. The van der Waals surface area contributed by atoms with Crippen LogP contribution in [0.15, 0.2) is 4.79 Å². The minimum absolute atomic E-state index is 0.0906. The molecule has 0 aromatic carbocycles. The lowest BCUT2D eigenvalue weighted by molar-refractivity contribution is 0.610. The fourth-order valence-corrected chi connectivity index (χ4v) is 1.71. The maximum atomic E-state index is 11.4. The molecule has 1 rings (SSSR count). The van der Waals surface area contributed by atoms with E-state index in [9.17, 15) is 4.79 Å². The first kappa shape index (κ1) is 10.1. The van der Waals surface area contributed by atoms with Gasteiger partial charge in [-0.05, 0) is 19.8 Å². The third-order valence-corrected chi connectivity index (χ3v) is 2.34. The summed E-state index contributed by atoms with van der Waals surface area (Å²) in [7, 11) is 0. The largest absolute Gasteiger partial charge is 0.289 e. The Balaban J connectivity index is 3.15. The number of aryl methyl sites for hydroxylation is 1. The minimum Gasteiger partial charge on any atom is -0.289 e. The molecule has 0 bridgehead atoms. The lowest BCUT2D eigenvalue weighted by Gasteiger charge is -2.05. The molecule has 0 atom stereocenters. The molecule has 1 N–H and O–H groups in total. The van der Waals surface area contributed by atoms with E-state index >= 15 is 0 Å². The highest BCUT2D eigenvalue weighted by molar-refractivity contribution is 5.18. The van der Waals surface area contributed by atoms with Gasteiger partial charge in [0.15, 0.2) is 0 Å². The van der Waals surface area contributed by atoms with Crippen molar-refractivity contribution in [2.75, 3.05) is 0 Å². The van der Waals surface area contributed by atoms with Gasteiger partial charge >= 0.3 is 0 Å². The number of aromatic nitrogens is 2. The monoisotopic (exact) mass is 182 g/mol.